The van der Waals surface area contributed by atoms with Gasteiger partial charge in [-0.25, -0.2) is 8.78 Å². The van der Waals surface area contributed by atoms with Gasteiger partial charge in [-0.2, -0.15) is 0 Å². The van der Waals surface area contributed by atoms with Gasteiger partial charge in [-0.05, 0) is 100 Å². The lowest BCUT2D eigenvalue weighted by molar-refractivity contribution is -0.135. The number of hydrogen-bond acceptors (Lipinski definition) is 2. The van der Waals surface area contributed by atoms with Gasteiger partial charge < -0.3 is 9.84 Å². The molecule has 0 unspecified atom stereocenters. The molecular formula is C28H24F2O3. The number of benzene rings is 3. The van der Waals surface area contributed by atoms with E-state index in [1.807, 2.05) is 30.3 Å². The van der Waals surface area contributed by atoms with E-state index in [4.69, 9.17) is 4.74 Å². The summed E-state index contributed by atoms with van der Waals surface area (Å²) >= 11 is 0. The highest BCUT2D eigenvalue weighted by Crippen LogP contribution is 2.46. The van der Waals surface area contributed by atoms with Gasteiger partial charge in [0, 0.05) is 0 Å². The number of aliphatic carboxylic acids is 1. The van der Waals surface area contributed by atoms with Crippen LogP contribution in [-0.4, -0.2) is 11.1 Å². The summed E-state index contributed by atoms with van der Waals surface area (Å²) in [6.45, 7) is 4.16. The standard InChI is InChI=1S/C28H24F2O3/c1-17(2)13-24-25(23-12-7-20(30)15-26(23)27(24)16-28(31)32)14-18-3-8-21(9-4-18)33-22-10-5-19(29)6-11-22/h3-12,14-15,17H,13,16H2,1-2H3,(H,31,32)/b25-14+. The molecule has 0 spiro atoms. The minimum atomic E-state index is -0.940. The molecule has 0 amide bonds. The summed E-state index contributed by atoms with van der Waals surface area (Å²) in [6, 6.07) is 17.8. The van der Waals surface area contributed by atoms with Crippen LogP contribution >= 0.6 is 0 Å². The Morgan fingerprint density at radius 1 is 0.879 bits per heavy atom. The molecule has 33 heavy (non-hydrogen) atoms. The molecule has 4 rings (SSSR count). The molecule has 0 heterocycles. The Hall–Kier alpha value is -3.73. The van der Waals surface area contributed by atoms with E-state index in [0.717, 1.165) is 22.3 Å². The first-order valence-electron chi connectivity index (χ1n) is 10.8. The Morgan fingerprint density at radius 3 is 2.09 bits per heavy atom. The summed E-state index contributed by atoms with van der Waals surface area (Å²) in [6.07, 6.45) is 2.54. The van der Waals surface area contributed by atoms with Crippen molar-refractivity contribution in [1.82, 2.24) is 0 Å². The molecule has 3 nitrogen and oxygen atoms in total. The minimum Gasteiger partial charge on any atom is -0.481 e. The number of carboxylic acid groups (broad SMARTS) is 1. The maximum absolute atomic E-state index is 14.0. The summed E-state index contributed by atoms with van der Waals surface area (Å²) in [5.41, 5.74) is 4.94. The number of fused-ring (bicyclic) bond motifs is 1. The van der Waals surface area contributed by atoms with Crippen molar-refractivity contribution < 1.29 is 23.4 Å². The Morgan fingerprint density at radius 2 is 1.48 bits per heavy atom. The first-order valence-corrected chi connectivity index (χ1v) is 10.8. The summed E-state index contributed by atoms with van der Waals surface area (Å²) in [5, 5.41) is 9.48. The lowest BCUT2D eigenvalue weighted by Gasteiger charge is -2.12. The summed E-state index contributed by atoms with van der Waals surface area (Å²) in [7, 11) is 0. The Balaban J connectivity index is 1.71. The van der Waals surface area contributed by atoms with E-state index >= 15 is 0 Å². The van der Waals surface area contributed by atoms with Crippen LogP contribution in [0.15, 0.2) is 72.3 Å². The normalized spacial score (nSPS) is 14.2. The van der Waals surface area contributed by atoms with Crippen molar-refractivity contribution in [2.75, 3.05) is 0 Å². The Kier molecular flexibility index (Phi) is 6.40. The largest absolute Gasteiger partial charge is 0.481 e. The fourth-order valence-electron chi connectivity index (χ4n) is 4.09. The van der Waals surface area contributed by atoms with Crippen LogP contribution in [0.4, 0.5) is 8.78 Å². The van der Waals surface area contributed by atoms with Crippen LogP contribution in [0.5, 0.6) is 11.5 Å². The highest BCUT2D eigenvalue weighted by Gasteiger charge is 2.28. The van der Waals surface area contributed by atoms with Crippen LogP contribution < -0.4 is 4.74 Å². The number of halogens is 2. The summed E-state index contributed by atoms with van der Waals surface area (Å²) in [4.78, 5) is 11.6. The van der Waals surface area contributed by atoms with Crippen molar-refractivity contribution in [3.8, 4) is 11.5 Å². The highest BCUT2D eigenvalue weighted by molar-refractivity contribution is 6.07. The van der Waals surface area contributed by atoms with Gasteiger partial charge in [-0.1, -0.05) is 32.0 Å². The summed E-state index contributed by atoms with van der Waals surface area (Å²) in [5.74, 6) is -0.197. The predicted octanol–water partition coefficient (Wildman–Crippen LogP) is 7.59. The van der Waals surface area contributed by atoms with Crippen molar-refractivity contribution in [2.45, 2.75) is 26.7 Å². The van der Waals surface area contributed by atoms with Gasteiger partial charge in [0.1, 0.15) is 23.1 Å². The topological polar surface area (TPSA) is 46.5 Å². The Bertz CT molecular complexity index is 1240. The lowest BCUT2D eigenvalue weighted by atomic mass is 9.93. The molecule has 5 heteroatoms. The van der Waals surface area contributed by atoms with Crippen molar-refractivity contribution in [1.29, 1.82) is 0 Å². The van der Waals surface area contributed by atoms with E-state index in [9.17, 15) is 18.7 Å². The third-order valence-electron chi connectivity index (χ3n) is 5.47. The average molecular weight is 446 g/mol. The molecular weight excluding hydrogens is 422 g/mol. The quantitative estimate of drug-likeness (QED) is 0.407. The molecule has 0 saturated carbocycles. The van der Waals surface area contributed by atoms with Gasteiger partial charge >= 0.3 is 5.97 Å². The van der Waals surface area contributed by atoms with Gasteiger partial charge in [0.05, 0.1) is 6.42 Å². The van der Waals surface area contributed by atoms with E-state index in [-0.39, 0.29) is 18.1 Å². The number of carboxylic acids is 1. The molecule has 168 valence electrons. The number of rotatable bonds is 7. The monoisotopic (exact) mass is 446 g/mol. The number of ether oxygens (including phenoxy) is 1. The van der Waals surface area contributed by atoms with Crippen LogP contribution in [0.3, 0.4) is 0 Å². The van der Waals surface area contributed by atoms with Gasteiger partial charge in [0.2, 0.25) is 0 Å². The second kappa shape index (κ2) is 9.41. The number of allylic oxidation sites excluding steroid dienone is 2. The third kappa shape index (κ3) is 5.20. The third-order valence-corrected chi connectivity index (χ3v) is 5.47. The molecule has 0 aromatic heterocycles. The molecule has 0 bridgehead atoms. The van der Waals surface area contributed by atoms with Crippen molar-refractivity contribution in [2.24, 2.45) is 5.92 Å². The molecule has 1 aliphatic rings. The average Bonchev–Trinajstić information content (AvgIpc) is 3.02. The fourth-order valence-corrected chi connectivity index (χ4v) is 4.09. The first-order chi connectivity index (χ1) is 15.8. The van der Waals surface area contributed by atoms with Crippen LogP contribution in [0.1, 0.15) is 43.4 Å². The zero-order chi connectivity index (χ0) is 23.5. The molecule has 1 N–H and O–H groups in total. The van der Waals surface area contributed by atoms with Crippen molar-refractivity contribution in [3.63, 3.8) is 0 Å². The van der Waals surface area contributed by atoms with E-state index in [0.29, 0.717) is 35.0 Å². The second-order valence-electron chi connectivity index (χ2n) is 8.50. The summed E-state index contributed by atoms with van der Waals surface area (Å²) < 4.78 is 32.9. The number of carbonyl (C=O) groups is 1. The molecule has 0 aliphatic heterocycles. The molecule has 3 aromatic carbocycles. The van der Waals surface area contributed by atoms with Crippen molar-refractivity contribution in [3.05, 3.63) is 101 Å². The van der Waals surface area contributed by atoms with E-state index in [1.165, 1.54) is 24.3 Å². The molecule has 3 aromatic rings. The fraction of sp³-hybridized carbons (Fsp3) is 0.179. The van der Waals surface area contributed by atoms with Crippen LogP contribution in [0.2, 0.25) is 0 Å². The van der Waals surface area contributed by atoms with Gasteiger partial charge in [-0.15, -0.1) is 0 Å². The molecule has 0 atom stereocenters. The molecule has 1 aliphatic carbocycles. The van der Waals surface area contributed by atoms with E-state index in [2.05, 4.69) is 13.8 Å². The minimum absolute atomic E-state index is 0.152. The highest BCUT2D eigenvalue weighted by atomic mass is 19.1. The maximum Gasteiger partial charge on any atom is 0.307 e. The van der Waals surface area contributed by atoms with Crippen LogP contribution in [0, 0.1) is 17.6 Å². The molecule has 0 saturated heterocycles. The van der Waals surface area contributed by atoms with Gasteiger partial charge in [0.15, 0.2) is 0 Å². The Labute approximate surface area is 191 Å². The van der Waals surface area contributed by atoms with Crippen LogP contribution in [0.25, 0.3) is 17.2 Å². The van der Waals surface area contributed by atoms with E-state index < -0.39 is 5.97 Å². The van der Waals surface area contributed by atoms with Crippen molar-refractivity contribution >= 4 is 23.2 Å². The zero-order valence-corrected chi connectivity index (χ0v) is 18.4. The molecule has 0 radical (unpaired) electrons. The van der Waals surface area contributed by atoms with Crippen LogP contribution in [-0.2, 0) is 4.79 Å². The van der Waals surface area contributed by atoms with Gasteiger partial charge in [-0.3, -0.25) is 4.79 Å². The maximum atomic E-state index is 14.0. The second-order valence-corrected chi connectivity index (χ2v) is 8.50. The SMILES string of the molecule is CC(C)CC1=C(CC(=O)O)c2cc(F)ccc2/C1=C\c1ccc(Oc2ccc(F)cc2)cc1. The lowest BCUT2D eigenvalue weighted by Crippen LogP contribution is -1.99. The first kappa shape index (κ1) is 22.5. The van der Waals surface area contributed by atoms with Gasteiger partial charge in [0.25, 0.3) is 0 Å². The zero-order valence-electron chi connectivity index (χ0n) is 18.4. The number of hydrogen-bond donors (Lipinski definition) is 1. The smallest absolute Gasteiger partial charge is 0.307 e. The predicted molar refractivity (Wildman–Crippen MR) is 126 cm³/mol. The molecule has 0 fully saturated rings. The van der Waals surface area contributed by atoms with E-state index in [1.54, 1.807) is 18.2 Å².